The summed E-state index contributed by atoms with van der Waals surface area (Å²) in [6.07, 6.45) is 0. The van der Waals surface area contributed by atoms with Crippen LogP contribution in [0.3, 0.4) is 0 Å². The lowest BCUT2D eigenvalue weighted by molar-refractivity contribution is 0.528. The molecule has 6 heteroatoms. The van der Waals surface area contributed by atoms with E-state index in [4.69, 9.17) is 4.91 Å². The molecule has 1 unspecified atom stereocenters. The predicted molar refractivity (Wildman–Crippen MR) is 80.8 cm³/mol. The Balaban J connectivity index is -0.0000000455. The second kappa shape index (κ2) is 29.7. The van der Waals surface area contributed by atoms with Crippen molar-refractivity contribution >= 4 is 0 Å². The maximum atomic E-state index is 9.70. The van der Waals surface area contributed by atoms with Crippen molar-refractivity contribution in [1.82, 2.24) is 0 Å². The van der Waals surface area contributed by atoms with Gasteiger partial charge in [0.05, 0.1) is 19.1 Å². The molecule has 0 aliphatic rings. The normalized spacial score (nSPS) is 9.00. The fraction of sp³-hybridized carbons (Fsp3) is 1.00. The Labute approximate surface area is 112 Å². The van der Waals surface area contributed by atoms with Gasteiger partial charge in [0.25, 0.3) is 0 Å². The van der Waals surface area contributed by atoms with E-state index in [0.717, 1.165) is 0 Å². The van der Waals surface area contributed by atoms with Gasteiger partial charge in [0.1, 0.15) is 0 Å². The summed E-state index contributed by atoms with van der Waals surface area (Å²) in [6, 6.07) is -0.0741. The zero-order valence-corrected chi connectivity index (χ0v) is 12.3. The van der Waals surface area contributed by atoms with Crippen LogP contribution in [0.15, 0.2) is 15.5 Å². The fourth-order valence-electron chi connectivity index (χ4n) is 0.122. The van der Waals surface area contributed by atoms with Gasteiger partial charge in [-0.05, 0) is 26.7 Å². The van der Waals surface area contributed by atoms with Gasteiger partial charge < -0.3 is 0 Å². The summed E-state index contributed by atoms with van der Waals surface area (Å²) in [7, 11) is 1.19. The molecule has 0 rings (SSSR count). The number of nitroso groups, excluding NO2 is 3. The molecule has 0 aromatic carbocycles. The first-order valence-electron chi connectivity index (χ1n) is 5.73. The molecule has 6 nitrogen and oxygen atoms in total. The molecule has 112 valence electrons. The third-order valence-corrected chi connectivity index (χ3v) is 1.34. The molecule has 1 atom stereocenters. The molecule has 0 saturated carbocycles. The van der Waals surface area contributed by atoms with Gasteiger partial charge in [0, 0.05) is 0 Å². The number of nitrogens with zero attached hydrogens (tertiary/aromatic N) is 3. The minimum absolute atomic E-state index is 0. The first-order valence-corrected chi connectivity index (χ1v) is 5.73. The Hall–Kier alpha value is -1.20. The van der Waals surface area contributed by atoms with Gasteiger partial charge in [-0.25, -0.2) is 0 Å². The molecule has 0 aromatic heterocycles. The van der Waals surface area contributed by atoms with Crippen LogP contribution in [-0.2, 0) is 0 Å². The van der Waals surface area contributed by atoms with Crippen LogP contribution in [0.1, 0.15) is 55.9 Å². The third-order valence-electron chi connectivity index (χ3n) is 1.34. The zero-order valence-electron chi connectivity index (χ0n) is 12.3. The first kappa shape index (κ1) is 30.1. The number of hydrogen-bond donors (Lipinski definition) is 0. The van der Waals surface area contributed by atoms with Crippen molar-refractivity contribution in [2.75, 3.05) is 7.05 Å². The van der Waals surface area contributed by atoms with Crippen LogP contribution in [0.2, 0.25) is 0 Å². The molecule has 0 heterocycles. The smallest absolute Gasteiger partial charge is 0.0914 e. The maximum absolute atomic E-state index is 9.70. The molecule has 0 aromatic rings. The van der Waals surface area contributed by atoms with E-state index in [1.807, 2.05) is 34.6 Å². The first-order chi connectivity index (χ1) is 7.87. The predicted octanol–water partition coefficient (Wildman–Crippen LogP) is 5.00. The summed E-state index contributed by atoms with van der Waals surface area (Å²) in [5.74, 6) is 0.387. The largest absolute Gasteiger partial charge is 0.151 e. The van der Waals surface area contributed by atoms with Crippen molar-refractivity contribution in [3.63, 3.8) is 0 Å². The monoisotopic (exact) mass is 265 g/mol. The van der Waals surface area contributed by atoms with E-state index in [1.54, 1.807) is 13.8 Å². The van der Waals surface area contributed by atoms with Gasteiger partial charge in [0.2, 0.25) is 0 Å². The van der Waals surface area contributed by atoms with Crippen molar-refractivity contribution in [1.29, 1.82) is 0 Å². The van der Waals surface area contributed by atoms with Crippen LogP contribution >= 0.6 is 0 Å². The topological polar surface area (TPSA) is 88.3 Å². The minimum atomic E-state index is -0.0463. The standard InChI is InChI=1S/C5H11NO.C3H7NO.C2H6.CH3NO.CH4/c1-4(2)5(3)6-7;1-3(2)4-5;1-2;1-2-3;/h4-5H,1-3H3;3H,1-2H3;1-2H3;1H3;1H4. The van der Waals surface area contributed by atoms with Crippen molar-refractivity contribution in [3.8, 4) is 0 Å². The molecule has 0 amide bonds. The van der Waals surface area contributed by atoms with Crippen LogP contribution in [-0.4, -0.2) is 19.1 Å². The maximum Gasteiger partial charge on any atom is 0.0914 e. The fourth-order valence-corrected chi connectivity index (χ4v) is 0.122. The molecule has 0 aliphatic heterocycles. The molecule has 18 heavy (non-hydrogen) atoms. The van der Waals surface area contributed by atoms with Crippen LogP contribution < -0.4 is 0 Å². The molecule has 0 spiro atoms. The molecule has 0 N–H and O–H groups in total. The Morgan fingerprint density at radius 2 is 1.00 bits per heavy atom. The molecule has 0 bridgehead atoms. The van der Waals surface area contributed by atoms with E-state index in [9.17, 15) is 9.81 Å². The number of hydrogen-bond acceptors (Lipinski definition) is 6. The van der Waals surface area contributed by atoms with Crippen LogP contribution in [0, 0.1) is 20.6 Å². The highest BCUT2D eigenvalue weighted by Crippen LogP contribution is 2.02. The average Bonchev–Trinajstić information content (AvgIpc) is 2.32. The summed E-state index contributed by atoms with van der Waals surface area (Å²) >= 11 is 0. The molecule has 0 radical (unpaired) electrons. The van der Waals surface area contributed by atoms with E-state index >= 15 is 0 Å². The van der Waals surface area contributed by atoms with Gasteiger partial charge >= 0.3 is 0 Å². The Bertz CT molecular complexity index is 163. The van der Waals surface area contributed by atoms with Gasteiger partial charge in [-0.2, -0.15) is 14.7 Å². The van der Waals surface area contributed by atoms with Crippen molar-refractivity contribution in [3.05, 3.63) is 14.7 Å². The van der Waals surface area contributed by atoms with Crippen LogP contribution in [0.25, 0.3) is 0 Å². The van der Waals surface area contributed by atoms with E-state index in [-0.39, 0.29) is 19.5 Å². The lowest BCUT2D eigenvalue weighted by Crippen LogP contribution is -2.05. The summed E-state index contributed by atoms with van der Waals surface area (Å²) in [5.41, 5.74) is 0. The van der Waals surface area contributed by atoms with E-state index in [0.29, 0.717) is 5.92 Å². The van der Waals surface area contributed by atoms with Crippen LogP contribution in [0.4, 0.5) is 0 Å². The Morgan fingerprint density at radius 1 is 0.778 bits per heavy atom. The van der Waals surface area contributed by atoms with Crippen molar-refractivity contribution < 1.29 is 0 Å². The van der Waals surface area contributed by atoms with Gasteiger partial charge in [-0.1, -0.05) is 50.7 Å². The molecule has 0 aliphatic carbocycles. The quantitative estimate of drug-likeness (QED) is 0.672. The molecule has 0 fully saturated rings. The Kier molecular flexibility index (Phi) is 49.7. The SMILES string of the molecule is C.CC.CC(C)C(C)N=O.CC(C)N=O.CN=O. The molecule has 0 saturated heterocycles. The zero-order chi connectivity index (χ0) is 14.9. The Morgan fingerprint density at radius 3 is 1.00 bits per heavy atom. The van der Waals surface area contributed by atoms with Crippen molar-refractivity contribution in [2.24, 2.45) is 21.4 Å². The van der Waals surface area contributed by atoms with E-state index in [2.05, 4.69) is 15.5 Å². The van der Waals surface area contributed by atoms with E-state index < -0.39 is 0 Å². The average molecular weight is 265 g/mol. The van der Waals surface area contributed by atoms with E-state index in [1.165, 1.54) is 7.05 Å². The molecular weight excluding hydrogens is 234 g/mol. The summed E-state index contributed by atoms with van der Waals surface area (Å²) in [6.45, 7) is 13.3. The summed E-state index contributed by atoms with van der Waals surface area (Å²) in [4.78, 5) is 27.5. The van der Waals surface area contributed by atoms with Crippen molar-refractivity contribution in [2.45, 2.75) is 68.0 Å². The highest BCUT2D eigenvalue weighted by Gasteiger charge is 2.03. The lowest BCUT2D eigenvalue weighted by atomic mass is 10.1. The third kappa shape index (κ3) is 61.0. The van der Waals surface area contributed by atoms with Gasteiger partial charge in [0.15, 0.2) is 0 Å². The second-order valence-corrected chi connectivity index (χ2v) is 3.47. The highest BCUT2D eigenvalue weighted by atomic mass is 16.3. The second-order valence-electron chi connectivity index (χ2n) is 3.47. The number of rotatable bonds is 3. The summed E-state index contributed by atoms with van der Waals surface area (Å²) < 4.78 is 0. The lowest BCUT2D eigenvalue weighted by Gasteiger charge is -2.02. The minimum Gasteiger partial charge on any atom is -0.151 e. The summed E-state index contributed by atoms with van der Waals surface area (Å²) in [5, 5.41) is 7.73. The highest BCUT2D eigenvalue weighted by molar-refractivity contribution is 4.60. The van der Waals surface area contributed by atoms with Gasteiger partial charge in [-0.15, -0.1) is 0 Å². The molecular formula is C12H31N3O3. The van der Waals surface area contributed by atoms with Gasteiger partial charge in [-0.3, -0.25) is 0 Å². The van der Waals surface area contributed by atoms with Crippen LogP contribution in [0.5, 0.6) is 0 Å².